The number of hydrogen-bond acceptors (Lipinski definition) is 6. The van der Waals surface area contributed by atoms with Gasteiger partial charge in [-0.1, -0.05) is 0 Å². The van der Waals surface area contributed by atoms with Crippen molar-refractivity contribution in [1.29, 1.82) is 5.26 Å². The van der Waals surface area contributed by atoms with Gasteiger partial charge in [0, 0.05) is 31.9 Å². The first-order valence-electron chi connectivity index (χ1n) is 8.73. The van der Waals surface area contributed by atoms with Crippen molar-refractivity contribution in [2.45, 2.75) is 11.8 Å². The summed E-state index contributed by atoms with van der Waals surface area (Å²) in [6.07, 6.45) is 0. The highest BCUT2D eigenvalue weighted by Gasteiger charge is 2.30. The fraction of sp³-hybridized carbons (Fsp3) is 0.278. The number of sulfonamides is 1. The molecule has 1 aliphatic heterocycles. The summed E-state index contributed by atoms with van der Waals surface area (Å²) in [6.45, 7) is 3.29. The number of imidazole rings is 1. The van der Waals surface area contributed by atoms with E-state index in [0.717, 1.165) is 5.69 Å². The zero-order valence-corrected chi connectivity index (χ0v) is 16.0. The Morgan fingerprint density at radius 1 is 1.07 bits per heavy atom. The molecule has 144 valence electrons. The summed E-state index contributed by atoms with van der Waals surface area (Å²) in [7, 11) is -3.69. The number of rotatable bonds is 3. The normalized spacial score (nSPS) is 15.6. The third-order valence-corrected chi connectivity index (χ3v) is 6.69. The molecule has 3 aromatic rings. The lowest BCUT2D eigenvalue weighted by Crippen LogP contribution is -2.49. The van der Waals surface area contributed by atoms with Crippen molar-refractivity contribution < 1.29 is 8.42 Å². The molecule has 0 unspecified atom stereocenters. The zero-order valence-electron chi connectivity index (χ0n) is 15.1. The van der Waals surface area contributed by atoms with Crippen LogP contribution in [0.5, 0.6) is 0 Å². The number of benzene rings is 1. The molecule has 2 aromatic heterocycles. The first-order chi connectivity index (χ1) is 13.4. The van der Waals surface area contributed by atoms with E-state index in [1.807, 2.05) is 11.8 Å². The summed E-state index contributed by atoms with van der Waals surface area (Å²) in [5.41, 5.74) is 1.91. The van der Waals surface area contributed by atoms with Crippen LogP contribution in [0.25, 0.3) is 11.0 Å². The number of aromatic nitrogens is 3. The van der Waals surface area contributed by atoms with Crippen LogP contribution in [0.1, 0.15) is 11.3 Å². The van der Waals surface area contributed by atoms with Crippen LogP contribution in [-0.4, -0.2) is 53.9 Å². The van der Waals surface area contributed by atoms with Crippen molar-refractivity contribution in [1.82, 2.24) is 19.3 Å². The Kier molecular flexibility index (Phi) is 4.41. The van der Waals surface area contributed by atoms with Crippen LogP contribution in [0.15, 0.2) is 40.0 Å². The monoisotopic (exact) mass is 398 g/mol. The van der Waals surface area contributed by atoms with Gasteiger partial charge in [-0.3, -0.25) is 0 Å². The van der Waals surface area contributed by atoms with Gasteiger partial charge in [0.1, 0.15) is 11.9 Å². The van der Waals surface area contributed by atoms with E-state index in [2.05, 4.69) is 21.0 Å². The molecule has 2 N–H and O–H groups in total. The molecule has 4 rings (SSSR count). The first-order valence-corrected chi connectivity index (χ1v) is 10.2. The highest BCUT2D eigenvalue weighted by atomic mass is 32.2. The molecule has 28 heavy (non-hydrogen) atoms. The number of nitriles is 1. The van der Waals surface area contributed by atoms with Gasteiger partial charge in [-0.15, -0.1) is 0 Å². The maximum Gasteiger partial charge on any atom is 0.323 e. The standard InChI is InChI=1S/C18H18N6O3S/c1-12-2-3-13(11-19)17(20-12)23-6-8-24(9-7-23)28(26,27)14-4-5-15-16(10-14)22-18(25)21-15/h2-5,10H,6-9H2,1H3,(H2,21,22,25). The second kappa shape index (κ2) is 6.78. The Morgan fingerprint density at radius 3 is 2.50 bits per heavy atom. The van der Waals surface area contributed by atoms with Crippen molar-refractivity contribution >= 4 is 26.9 Å². The van der Waals surface area contributed by atoms with E-state index in [1.165, 1.54) is 16.4 Å². The summed E-state index contributed by atoms with van der Waals surface area (Å²) in [5, 5.41) is 9.31. The fourth-order valence-electron chi connectivity index (χ4n) is 3.33. The molecule has 1 aliphatic rings. The SMILES string of the molecule is Cc1ccc(C#N)c(N2CCN(S(=O)(=O)c3ccc4[nH]c(=O)[nH]c4c3)CC2)n1. The van der Waals surface area contributed by atoms with Crippen LogP contribution >= 0.6 is 0 Å². The number of anilines is 1. The van der Waals surface area contributed by atoms with Gasteiger partial charge in [-0.25, -0.2) is 18.2 Å². The molecule has 0 radical (unpaired) electrons. The van der Waals surface area contributed by atoms with Gasteiger partial charge in [0.05, 0.1) is 21.5 Å². The van der Waals surface area contributed by atoms with Crippen molar-refractivity contribution in [2.75, 3.05) is 31.1 Å². The fourth-order valence-corrected chi connectivity index (χ4v) is 4.78. The van der Waals surface area contributed by atoms with Gasteiger partial charge in [-0.2, -0.15) is 9.57 Å². The number of aromatic amines is 2. The zero-order chi connectivity index (χ0) is 19.9. The molecular weight excluding hydrogens is 380 g/mol. The number of aryl methyl sites for hydroxylation is 1. The summed E-state index contributed by atoms with van der Waals surface area (Å²) < 4.78 is 27.4. The molecule has 10 heteroatoms. The summed E-state index contributed by atoms with van der Waals surface area (Å²) in [4.78, 5) is 23.1. The topological polar surface area (TPSA) is 126 Å². The average Bonchev–Trinajstić information content (AvgIpc) is 3.07. The maximum atomic E-state index is 13.0. The molecule has 1 fully saturated rings. The minimum absolute atomic E-state index is 0.134. The summed E-state index contributed by atoms with van der Waals surface area (Å²) in [6, 6.07) is 10.2. The van der Waals surface area contributed by atoms with Gasteiger partial charge in [-0.05, 0) is 37.3 Å². The van der Waals surface area contributed by atoms with Crippen LogP contribution in [-0.2, 0) is 10.0 Å². The van der Waals surface area contributed by atoms with Crippen molar-refractivity contribution in [2.24, 2.45) is 0 Å². The second-order valence-electron chi connectivity index (χ2n) is 6.61. The predicted molar refractivity (Wildman–Crippen MR) is 104 cm³/mol. The highest BCUT2D eigenvalue weighted by Crippen LogP contribution is 2.24. The molecule has 0 amide bonds. The summed E-state index contributed by atoms with van der Waals surface area (Å²) in [5.74, 6) is 0.589. The van der Waals surface area contributed by atoms with E-state index in [4.69, 9.17) is 0 Å². The molecule has 0 aliphatic carbocycles. The number of pyridine rings is 1. The van der Waals surface area contributed by atoms with E-state index in [-0.39, 0.29) is 23.7 Å². The number of nitrogens with zero attached hydrogens (tertiary/aromatic N) is 4. The van der Waals surface area contributed by atoms with E-state index in [0.29, 0.717) is 35.5 Å². The Bertz CT molecular complexity index is 1250. The van der Waals surface area contributed by atoms with Crippen LogP contribution in [0.2, 0.25) is 0 Å². The highest BCUT2D eigenvalue weighted by molar-refractivity contribution is 7.89. The number of fused-ring (bicyclic) bond motifs is 1. The van der Waals surface area contributed by atoms with Gasteiger partial charge >= 0.3 is 5.69 Å². The van der Waals surface area contributed by atoms with Gasteiger partial charge in [0.25, 0.3) is 0 Å². The Balaban J connectivity index is 1.56. The molecular formula is C18H18N6O3S. The average molecular weight is 398 g/mol. The number of H-pyrrole nitrogens is 2. The first kappa shape index (κ1) is 18.2. The smallest absolute Gasteiger partial charge is 0.323 e. The Hall–Kier alpha value is -3.16. The van der Waals surface area contributed by atoms with E-state index in [1.54, 1.807) is 18.2 Å². The maximum absolute atomic E-state index is 13.0. The Morgan fingerprint density at radius 2 is 1.79 bits per heavy atom. The van der Waals surface area contributed by atoms with Crippen LogP contribution < -0.4 is 10.6 Å². The van der Waals surface area contributed by atoms with Gasteiger partial charge in [0.2, 0.25) is 10.0 Å². The molecule has 0 saturated carbocycles. The number of hydrogen-bond donors (Lipinski definition) is 2. The predicted octanol–water partition coefficient (Wildman–Crippen LogP) is 0.942. The molecule has 0 bridgehead atoms. The third kappa shape index (κ3) is 3.15. The lowest BCUT2D eigenvalue weighted by Gasteiger charge is -2.35. The minimum Gasteiger partial charge on any atom is -0.353 e. The van der Waals surface area contributed by atoms with Crippen LogP contribution in [0.4, 0.5) is 5.82 Å². The van der Waals surface area contributed by atoms with Crippen molar-refractivity contribution in [3.8, 4) is 6.07 Å². The third-order valence-electron chi connectivity index (χ3n) is 4.80. The molecule has 0 spiro atoms. The van der Waals surface area contributed by atoms with E-state index in [9.17, 15) is 18.5 Å². The quantitative estimate of drug-likeness (QED) is 0.676. The number of nitrogens with one attached hydrogen (secondary N) is 2. The summed E-state index contributed by atoms with van der Waals surface area (Å²) >= 11 is 0. The van der Waals surface area contributed by atoms with Gasteiger partial charge in [0.15, 0.2) is 0 Å². The second-order valence-corrected chi connectivity index (χ2v) is 8.55. The molecule has 9 nitrogen and oxygen atoms in total. The number of piperazine rings is 1. The van der Waals surface area contributed by atoms with Gasteiger partial charge < -0.3 is 14.9 Å². The minimum atomic E-state index is -3.69. The van der Waals surface area contributed by atoms with Crippen molar-refractivity contribution in [3.05, 3.63) is 52.1 Å². The molecule has 1 saturated heterocycles. The lowest BCUT2D eigenvalue weighted by atomic mass is 10.2. The largest absolute Gasteiger partial charge is 0.353 e. The van der Waals surface area contributed by atoms with Crippen LogP contribution in [0, 0.1) is 18.3 Å². The van der Waals surface area contributed by atoms with E-state index >= 15 is 0 Å². The van der Waals surface area contributed by atoms with Crippen molar-refractivity contribution in [3.63, 3.8) is 0 Å². The molecule has 3 heterocycles. The lowest BCUT2D eigenvalue weighted by molar-refractivity contribution is 0.383. The van der Waals surface area contributed by atoms with Crippen LogP contribution in [0.3, 0.4) is 0 Å². The molecule has 1 aromatic carbocycles. The Labute approximate surface area is 161 Å². The van der Waals surface area contributed by atoms with E-state index < -0.39 is 10.0 Å². The molecule has 0 atom stereocenters.